The van der Waals surface area contributed by atoms with Crippen LogP contribution >= 0.6 is 0 Å². The summed E-state index contributed by atoms with van der Waals surface area (Å²) in [7, 11) is -3.85. The van der Waals surface area contributed by atoms with Gasteiger partial charge in [0.2, 0.25) is 0 Å². The van der Waals surface area contributed by atoms with Crippen LogP contribution in [0.15, 0.2) is 82.6 Å². The number of ether oxygens (including phenoxy) is 1. The summed E-state index contributed by atoms with van der Waals surface area (Å²) >= 11 is 0. The number of fused-ring (bicyclic) bond motifs is 1. The predicted molar refractivity (Wildman–Crippen MR) is 124 cm³/mol. The summed E-state index contributed by atoms with van der Waals surface area (Å²) in [5.41, 5.74) is 1.31. The van der Waals surface area contributed by atoms with Gasteiger partial charge in [-0.1, -0.05) is 19.1 Å². The van der Waals surface area contributed by atoms with Gasteiger partial charge in [0.25, 0.3) is 15.9 Å². The van der Waals surface area contributed by atoms with Crippen LogP contribution in [0.25, 0.3) is 11.1 Å². The molecule has 1 amide bonds. The molecule has 0 spiro atoms. The van der Waals surface area contributed by atoms with Gasteiger partial charge in [-0.05, 0) is 55.0 Å². The summed E-state index contributed by atoms with van der Waals surface area (Å²) < 4.78 is 38.0. The maximum absolute atomic E-state index is 12.7. The molecular weight excluding hydrogens is 460 g/mol. The Hall–Kier alpha value is -4.25. The maximum Gasteiger partial charge on any atom is 0.341 e. The van der Waals surface area contributed by atoms with Gasteiger partial charge in [0.15, 0.2) is 18.1 Å². The van der Waals surface area contributed by atoms with Gasteiger partial charge in [-0.2, -0.15) is 0 Å². The zero-order valence-electron chi connectivity index (χ0n) is 18.0. The molecule has 0 aliphatic heterocycles. The van der Waals surface area contributed by atoms with Gasteiger partial charge in [0.1, 0.15) is 11.3 Å². The molecule has 2 N–H and O–H groups in total. The van der Waals surface area contributed by atoms with Crippen LogP contribution in [0.3, 0.4) is 0 Å². The van der Waals surface area contributed by atoms with Gasteiger partial charge in [-0.15, -0.1) is 0 Å². The largest absolute Gasteiger partial charge is 0.449 e. The average Bonchev–Trinajstić information content (AvgIpc) is 3.32. The third kappa shape index (κ3) is 5.04. The molecule has 2 heterocycles. The fourth-order valence-corrected chi connectivity index (χ4v) is 4.13. The maximum atomic E-state index is 12.7. The number of hydrogen-bond donors (Lipinski definition) is 2. The first-order valence-corrected chi connectivity index (χ1v) is 11.7. The van der Waals surface area contributed by atoms with Crippen LogP contribution in [0.1, 0.15) is 23.7 Å². The first-order chi connectivity index (χ1) is 16.4. The molecule has 10 nitrogen and oxygen atoms in total. The Morgan fingerprint density at radius 1 is 1.03 bits per heavy atom. The number of carbonyl (C=O) groups is 2. The molecule has 2 aromatic carbocycles. The normalized spacial score (nSPS) is 12.1. The molecule has 0 fully saturated rings. The number of amides is 1. The number of oxazole rings is 1. The number of aromatic nitrogens is 2. The van der Waals surface area contributed by atoms with E-state index < -0.39 is 28.0 Å². The van der Waals surface area contributed by atoms with E-state index in [-0.39, 0.29) is 22.7 Å². The number of pyridine rings is 1. The summed E-state index contributed by atoms with van der Waals surface area (Å²) in [6.07, 6.45) is 1.86. The fourth-order valence-electron chi connectivity index (χ4n) is 3.13. The molecule has 11 heteroatoms. The molecule has 0 aliphatic rings. The number of esters is 1. The van der Waals surface area contributed by atoms with Crippen molar-refractivity contribution in [3.05, 3.63) is 78.8 Å². The van der Waals surface area contributed by atoms with E-state index in [0.29, 0.717) is 16.8 Å². The van der Waals surface area contributed by atoms with Gasteiger partial charge in [-0.3, -0.25) is 9.52 Å². The lowest BCUT2D eigenvalue weighted by molar-refractivity contribution is -0.124. The molecule has 0 radical (unpaired) electrons. The van der Waals surface area contributed by atoms with Gasteiger partial charge < -0.3 is 14.5 Å². The molecule has 4 rings (SSSR count). The number of carbonyl (C=O) groups excluding carboxylic acids is 2. The molecule has 1 unspecified atom stereocenters. The van der Waals surface area contributed by atoms with E-state index in [0.717, 1.165) is 0 Å². The topological polar surface area (TPSA) is 140 Å². The summed E-state index contributed by atoms with van der Waals surface area (Å²) in [5.74, 6) is -1.07. The quantitative estimate of drug-likeness (QED) is 0.365. The molecule has 2 aromatic heterocycles. The second kappa shape index (κ2) is 9.71. The number of hydrogen-bond acceptors (Lipinski definition) is 8. The number of para-hydroxylation sites is 1. The number of sulfonamides is 1. The van der Waals surface area contributed by atoms with Crippen molar-refractivity contribution in [1.82, 2.24) is 9.97 Å². The van der Waals surface area contributed by atoms with Gasteiger partial charge in [0.05, 0.1) is 10.5 Å². The summed E-state index contributed by atoms with van der Waals surface area (Å²) in [4.78, 5) is 33.3. The summed E-state index contributed by atoms with van der Waals surface area (Å²) in [5, 5.41) is 2.63. The van der Waals surface area contributed by atoms with Gasteiger partial charge >= 0.3 is 5.97 Å². The summed E-state index contributed by atoms with van der Waals surface area (Å²) in [6, 6.07) is 15.3. The minimum atomic E-state index is -3.85. The molecule has 0 bridgehead atoms. The Kier molecular flexibility index (Phi) is 6.55. The molecule has 4 aromatic rings. The predicted octanol–water partition coefficient (Wildman–Crippen LogP) is 3.60. The number of nitrogens with zero attached hydrogens (tertiary/aromatic N) is 2. The van der Waals surface area contributed by atoms with Crippen LogP contribution < -0.4 is 10.0 Å². The van der Waals surface area contributed by atoms with E-state index in [4.69, 9.17) is 9.15 Å². The highest BCUT2D eigenvalue weighted by atomic mass is 32.2. The lowest BCUT2D eigenvalue weighted by Gasteiger charge is -2.16. The lowest BCUT2D eigenvalue weighted by Crippen LogP contribution is -2.32. The molecule has 0 saturated heterocycles. The van der Waals surface area contributed by atoms with Gasteiger partial charge in [-0.25, -0.2) is 23.2 Å². The molecular formula is C23H20N4O6S. The highest BCUT2D eigenvalue weighted by molar-refractivity contribution is 7.92. The minimum Gasteiger partial charge on any atom is -0.449 e. The molecule has 1 atom stereocenters. The Labute approximate surface area is 195 Å². The third-order valence-corrected chi connectivity index (χ3v) is 6.20. The van der Waals surface area contributed by atoms with Crippen LogP contribution in [0, 0.1) is 0 Å². The molecule has 0 aliphatic carbocycles. The van der Waals surface area contributed by atoms with Crippen molar-refractivity contribution in [1.29, 1.82) is 0 Å². The van der Waals surface area contributed by atoms with Crippen molar-refractivity contribution in [2.45, 2.75) is 24.3 Å². The fraction of sp³-hybridized carbons (Fsp3) is 0.130. The Bertz CT molecular complexity index is 1420. The summed E-state index contributed by atoms with van der Waals surface area (Å²) in [6.45, 7) is 1.70. The van der Waals surface area contributed by atoms with E-state index in [1.807, 2.05) is 0 Å². The van der Waals surface area contributed by atoms with E-state index in [2.05, 4.69) is 20.0 Å². The van der Waals surface area contributed by atoms with Crippen LogP contribution in [0.5, 0.6) is 0 Å². The van der Waals surface area contributed by atoms with Crippen LogP contribution in [0.4, 0.5) is 11.5 Å². The van der Waals surface area contributed by atoms with Crippen LogP contribution in [-0.4, -0.2) is 36.4 Å². The lowest BCUT2D eigenvalue weighted by atomic mass is 10.2. The monoisotopic (exact) mass is 480 g/mol. The highest BCUT2D eigenvalue weighted by Crippen LogP contribution is 2.20. The standard InChI is InChI=1S/C23H20N4O6S/c1-2-18(33-23(29)17-6-5-7-19-21(17)25-14-32-19)22(28)26-15-9-11-16(12-10-15)34(30,31)27-20-8-3-4-13-24-20/h3-14,18H,2H2,1H3,(H,24,27)(H,26,28). The third-order valence-electron chi connectivity index (χ3n) is 4.83. The zero-order valence-corrected chi connectivity index (χ0v) is 18.8. The van der Waals surface area contributed by atoms with E-state index >= 15 is 0 Å². The second-order valence-electron chi connectivity index (χ2n) is 7.14. The minimum absolute atomic E-state index is 0.00433. The molecule has 0 saturated carbocycles. The van der Waals surface area contributed by atoms with E-state index in [1.165, 1.54) is 49.0 Å². The van der Waals surface area contributed by atoms with Crippen LogP contribution in [-0.2, 0) is 19.6 Å². The van der Waals surface area contributed by atoms with Crippen molar-refractivity contribution in [3.63, 3.8) is 0 Å². The van der Waals surface area contributed by atoms with Gasteiger partial charge in [0, 0.05) is 11.9 Å². The van der Waals surface area contributed by atoms with E-state index in [9.17, 15) is 18.0 Å². The van der Waals surface area contributed by atoms with Crippen molar-refractivity contribution in [3.8, 4) is 0 Å². The zero-order chi connectivity index (χ0) is 24.1. The Morgan fingerprint density at radius 3 is 2.53 bits per heavy atom. The smallest absolute Gasteiger partial charge is 0.341 e. The van der Waals surface area contributed by atoms with E-state index in [1.54, 1.807) is 31.2 Å². The number of rotatable bonds is 8. The number of benzene rings is 2. The first kappa shape index (κ1) is 22.9. The van der Waals surface area contributed by atoms with Crippen LogP contribution in [0.2, 0.25) is 0 Å². The Balaban J connectivity index is 1.42. The first-order valence-electron chi connectivity index (χ1n) is 10.3. The molecule has 34 heavy (non-hydrogen) atoms. The number of anilines is 2. The van der Waals surface area contributed by atoms with Crippen molar-refractivity contribution >= 4 is 44.5 Å². The average molecular weight is 481 g/mol. The van der Waals surface area contributed by atoms with Crippen molar-refractivity contribution in [2.24, 2.45) is 0 Å². The molecule has 174 valence electrons. The number of nitrogens with one attached hydrogen (secondary N) is 2. The van der Waals surface area contributed by atoms with Crippen molar-refractivity contribution < 1.29 is 27.2 Å². The van der Waals surface area contributed by atoms with Crippen molar-refractivity contribution in [2.75, 3.05) is 10.0 Å². The SMILES string of the molecule is CCC(OC(=O)c1cccc2ocnc12)C(=O)Nc1ccc(S(=O)(=O)Nc2ccccn2)cc1. The Morgan fingerprint density at radius 2 is 1.82 bits per heavy atom. The second-order valence-corrected chi connectivity index (χ2v) is 8.82. The highest BCUT2D eigenvalue weighted by Gasteiger charge is 2.24.